The van der Waals surface area contributed by atoms with E-state index in [1.165, 1.54) is 9.21 Å². The summed E-state index contributed by atoms with van der Waals surface area (Å²) in [5, 5.41) is 3.75. The van der Waals surface area contributed by atoms with Gasteiger partial charge in [0, 0.05) is 41.7 Å². The minimum atomic E-state index is -3.57. The molecule has 0 aliphatic carbocycles. The standard InChI is InChI=1S/C28H39Cl2N3O4S/c1-6-8-17-31-28(35)25(7-2)32(19-22-23(29)13-10-14-24(22)30)27(34)16-11-18-33(38(5,36)37)26-15-9-12-20(3)21(26)4/h9-10,12-15,25H,6-8,11,16-19H2,1-5H3,(H,31,35)/t25-/m1/s1. The monoisotopic (exact) mass is 583 g/mol. The highest BCUT2D eigenvalue weighted by molar-refractivity contribution is 7.92. The van der Waals surface area contributed by atoms with Gasteiger partial charge in [-0.3, -0.25) is 13.9 Å². The number of nitrogens with zero attached hydrogens (tertiary/aromatic N) is 2. The van der Waals surface area contributed by atoms with Gasteiger partial charge in [-0.25, -0.2) is 8.42 Å². The Labute approximate surface area is 237 Å². The summed E-state index contributed by atoms with van der Waals surface area (Å²) in [6.45, 7) is 8.43. The van der Waals surface area contributed by atoms with Crippen LogP contribution in [0.1, 0.15) is 62.6 Å². The molecule has 38 heavy (non-hydrogen) atoms. The van der Waals surface area contributed by atoms with Crippen LogP contribution < -0.4 is 9.62 Å². The summed E-state index contributed by atoms with van der Waals surface area (Å²) in [7, 11) is -3.57. The van der Waals surface area contributed by atoms with E-state index in [0.29, 0.717) is 34.3 Å². The maximum absolute atomic E-state index is 13.6. The minimum absolute atomic E-state index is 0.0533. The summed E-state index contributed by atoms with van der Waals surface area (Å²) < 4.78 is 26.6. The number of rotatable bonds is 14. The van der Waals surface area contributed by atoms with Crippen LogP contribution in [0, 0.1) is 13.8 Å². The van der Waals surface area contributed by atoms with Crippen molar-refractivity contribution in [1.29, 1.82) is 0 Å². The van der Waals surface area contributed by atoms with Crippen LogP contribution in [-0.2, 0) is 26.2 Å². The molecule has 2 aromatic carbocycles. The second-order valence-electron chi connectivity index (χ2n) is 9.45. The summed E-state index contributed by atoms with van der Waals surface area (Å²) >= 11 is 12.8. The van der Waals surface area contributed by atoms with Gasteiger partial charge in [0.1, 0.15) is 6.04 Å². The summed E-state index contributed by atoms with van der Waals surface area (Å²) in [6.07, 6.45) is 3.68. The lowest BCUT2D eigenvalue weighted by Crippen LogP contribution is -2.49. The molecular formula is C28H39Cl2N3O4S. The first-order valence-electron chi connectivity index (χ1n) is 13.0. The van der Waals surface area contributed by atoms with Crippen molar-refractivity contribution in [3.8, 4) is 0 Å². The number of nitrogens with one attached hydrogen (secondary N) is 1. The molecule has 210 valence electrons. The molecule has 0 saturated heterocycles. The van der Waals surface area contributed by atoms with Crippen molar-refractivity contribution in [2.24, 2.45) is 0 Å². The molecule has 0 radical (unpaired) electrons. The molecule has 0 aliphatic heterocycles. The molecule has 0 bridgehead atoms. The van der Waals surface area contributed by atoms with Crippen LogP contribution in [0.4, 0.5) is 5.69 Å². The molecule has 0 unspecified atom stereocenters. The Balaban J connectivity index is 2.29. The van der Waals surface area contributed by atoms with Crippen molar-refractivity contribution in [2.75, 3.05) is 23.7 Å². The second-order valence-corrected chi connectivity index (χ2v) is 12.2. The molecule has 0 saturated carbocycles. The largest absolute Gasteiger partial charge is 0.354 e. The maximum Gasteiger partial charge on any atom is 0.242 e. The van der Waals surface area contributed by atoms with Crippen molar-refractivity contribution in [1.82, 2.24) is 10.2 Å². The number of anilines is 1. The number of carbonyl (C=O) groups excluding carboxylic acids is 2. The maximum atomic E-state index is 13.6. The summed E-state index contributed by atoms with van der Waals surface area (Å²) in [5.41, 5.74) is 3.02. The Morgan fingerprint density at radius 2 is 1.63 bits per heavy atom. The van der Waals surface area contributed by atoms with E-state index in [9.17, 15) is 18.0 Å². The SMILES string of the molecule is CCCCNC(=O)[C@@H](CC)N(Cc1c(Cl)cccc1Cl)C(=O)CCCN(c1cccc(C)c1C)S(C)(=O)=O. The zero-order valence-electron chi connectivity index (χ0n) is 22.9. The molecule has 2 amide bonds. The number of hydrogen-bond acceptors (Lipinski definition) is 4. The van der Waals surface area contributed by atoms with Gasteiger partial charge in [-0.05, 0) is 62.4 Å². The number of benzene rings is 2. The highest BCUT2D eigenvalue weighted by atomic mass is 35.5. The highest BCUT2D eigenvalue weighted by Crippen LogP contribution is 2.28. The predicted molar refractivity (Wildman–Crippen MR) is 156 cm³/mol. The van der Waals surface area contributed by atoms with Crippen molar-refractivity contribution in [3.05, 3.63) is 63.1 Å². The van der Waals surface area contributed by atoms with Crippen molar-refractivity contribution >= 4 is 50.7 Å². The molecule has 1 atom stereocenters. The van der Waals surface area contributed by atoms with E-state index >= 15 is 0 Å². The number of carbonyl (C=O) groups is 2. The molecule has 0 aromatic heterocycles. The van der Waals surface area contributed by atoms with E-state index in [1.807, 2.05) is 39.8 Å². The van der Waals surface area contributed by atoms with Crippen molar-refractivity contribution in [3.63, 3.8) is 0 Å². The Bertz CT molecular complexity index is 1200. The predicted octanol–water partition coefficient (Wildman–Crippen LogP) is 5.88. The number of sulfonamides is 1. The Hall–Kier alpha value is -2.29. The molecule has 1 N–H and O–H groups in total. The lowest BCUT2D eigenvalue weighted by molar-refractivity contribution is -0.141. The number of amides is 2. The lowest BCUT2D eigenvalue weighted by atomic mass is 10.1. The van der Waals surface area contributed by atoms with Gasteiger partial charge in [-0.2, -0.15) is 0 Å². The van der Waals surface area contributed by atoms with E-state index < -0.39 is 16.1 Å². The van der Waals surface area contributed by atoms with Crippen LogP contribution in [-0.4, -0.2) is 50.5 Å². The third-order valence-electron chi connectivity index (χ3n) is 6.60. The van der Waals surface area contributed by atoms with Crippen LogP contribution in [0.5, 0.6) is 0 Å². The quantitative estimate of drug-likeness (QED) is 0.281. The van der Waals surface area contributed by atoms with Gasteiger partial charge >= 0.3 is 0 Å². The molecular weight excluding hydrogens is 545 g/mol. The van der Waals surface area contributed by atoms with Crippen LogP contribution in [0.15, 0.2) is 36.4 Å². The summed E-state index contributed by atoms with van der Waals surface area (Å²) in [4.78, 5) is 28.2. The number of unbranched alkanes of at least 4 members (excludes halogenated alkanes) is 1. The fourth-order valence-electron chi connectivity index (χ4n) is 4.27. The van der Waals surface area contributed by atoms with Gasteiger partial charge in [-0.1, -0.05) is 61.7 Å². The van der Waals surface area contributed by atoms with Gasteiger partial charge in [0.15, 0.2) is 0 Å². The van der Waals surface area contributed by atoms with E-state index in [0.717, 1.165) is 30.2 Å². The molecule has 0 aliphatic rings. The van der Waals surface area contributed by atoms with E-state index in [1.54, 1.807) is 24.3 Å². The van der Waals surface area contributed by atoms with Crippen LogP contribution in [0.3, 0.4) is 0 Å². The minimum Gasteiger partial charge on any atom is -0.354 e. The third-order valence-corrected chi connectivity index (χ3v) is 8.49. The topological polar surface area (TPSA) is 86.8 Å². The first kappa shape index (κ1) is 31.9. The number of hydrogen-bond donors (Lipinski definition) is 1. The second kappa shape index (κ2) is 14.8. The first-order chi connectivity index (χ1) is 17.9. The van der Waals surface area contributed by atoms with Gasteiger partial charge in [-0.15, -0.1) is 0 Å². The van der Waals surface area contributed by atoms with Gasteiger partial charge < -0.3 is 10.2 Å². The Morgan fingerprint density at radius 1 is 1.00 bits per heavy atom. The lowest BCUT2D eigenvalue weighted by Gasteiger charge is -2.31. The zero-order chi connectivity index (χ0) is 28.5. The molecule has 2 aromatic rings. The molecule has 0 heterocycles. The van der Waals surface area contributed by atoms with Gasteiger partial charge in [0.05, 0.1) is 11.9 Å². The Kier molecular flexibility index (Phi) is 12.4. The summed E-state index contributed by atoms with van der Waals surface area (Å²) in [5.74, 6) is -0.501. The third kappa shape index (κ3) is 8.61. The molecule has 10 heteroatoms. The molecule has 2 rings (SSSR count). The van der Waals surface area contributed by atoms with Crippen molar-refractivity contribution in [2.45, 2.75) is 72.4 Å². The zero-order valence-corrected chi connectivity index (χ0v) is 25.2. The number of halogens is 2. The van der Waals surface area contributed by atoms with E-state index in [2.05, 4.69) is 5.32 Å². The highest BCUT2D eigenvalue weighted by Gasteiger charge is 2.30. The smallest absolute Gasteiger partial charge is 0.242 e. The van der Waals surface area contributed by atoms with Crippen LogP contribution in [0.25, 0.3) is 0 Å². The van der Waals surface area contributed by atoms with E-state index in [4.69, 9.17) is 23.2 Å². The Morgan fingerprint density at radius 3 is 2.21 bits per heavy atom. The fourth-order valence-corrected chi connectivity index (χ4v) is 5.80. The summed E-state index contributed by atoms with van der Waals surface area (Å²) in [6, 6.07) is 9.92. The number of aryl methyl sites for hydroxylation is 1. The molecule has 0 spiro atoms. The van der Waals surface area contributed by atoms with E-state index in [-0.39, 0.29) is 37.7 Å². The first-order valence-corrected chi connectivity index (χ1v) is 15.6. The molecule has 0 fully saturated rings. The average Bonchev–Trinajstić information content (AvgIpc) is 2.85. The average molecular weight is 585 g/mol. The fraction of sp³-hybridized carbons (Fsp3) is 0.500. The van der Waals surface area contributed by atoms with Crippen molar-refractivity contribution < 1.29 is 18.0 Å². The normalized spacial score (nSPS) is 12.2. The molecule has 7 nitrogen and oxygen atoms in total. The van der Waals surface area contributed by atoms with Gasteiger partial charge in [0.25, 0.3) is 0 Å². The van der Waals surface area contributed by atoms with Crippen LogP contribution in [0.2, 0.25) is 10.0 Å². The van der Waals surface area contributed by atoms with Crippen LogP contribution >= 0.6 is 23.2 Å². The van der Waals surface area contributed by atoms with Gasteiger partial charge in [0.2, 0.25) is 21.8 Å².